The molecule has 0 aliphatic carbocycles. The highest BCUT2D eigenvalue weighted by molar-refractivity contribution is 5.78. The quantitative estimate of drug-likeness (QED) is 0.268. The summed E-state index contributed by atoms with van der Waals surface area (Å²) in [6.45, 7) is 1.92. The third-order valence-corrected chi connectivity index (χ3v) is 4.86. The highest BCUT2D eigenvalue weighted by Gasteiger charge is 2.26. The van der Waals surface area contributed by atoms with Gasteiger partial charge in [0.25, 0.3) is 0 Å². The molecule has 0 amide bonds. The SMILES string of the molecule is COc1ccc(C)cc1Nc1ncnc(NN(c2ccccc2)c2ccccc2)c1[N+](=O)[O-]. The van der Waals surface area contributed by atoms with Crippen molar-refractivity contribution in [1.82, 2.24) is 9.97 Å². The summed E-state index contributed by atoms with van der Waals surface area (Å²) in [5.41, 5.74) is 5.90. The number of nitrogens with zero attached hydrogens (tertiary/aromatic N) is 4. The molecule has 4 aromatic rings. The summed E-state index contributed by atoms with van der Waals surface area (Å²) >= 11 is 0. The van der Waals surface area contributed by atoms with Crippen molar-refractivity contribution >= 4 is 34.4 Å². The highest BCUT2D eigenvalue weighted by atomic mass is 16.6. The molecular weight excluding hydrogens is 420 g/mol. The van der Waals surface area contributed by atoms with E-state index >= 15 is 0 Å². The molecule has 33 heavy (non-hydrogen) atoms. The number of nitro groups is 1. The van der Waals surface area contributed by atoms with Gasteiger partial charge in [0.05, 0.1) is 29.1 Å². The van der Waals surface area contributed by atoms with Crippen LogP contribution in [0, 0.1) is 17.0 Å². The molecule has 0 fully saturated rings. The molecule has 0 unspecified atom stereocenters. The number of anilines is 5. The molecule has 0 aliphatic rings. The van der Waals surface area contributed by atoms with Crippen molar-refractivity contribution in [2.24, 2.45) is 0 Å². The molecule has 9 heteroatoms. The van der Waals surface area contributed by atoms with Crippen LogP contribution >= 0.6 is 0 Å². The Kier molecular flexibility index (Phi) is 6.31. The first-order chi connectivity index (χ1) is 16.1. The van der Waals surface area contributed by atoms with Gasteiger partial charge in [0.2, 0.25) is 11.6 Å². The Labute approximate surface area is 190 Å². The van der Waals surface area contributed by atoms with Crippen LogP contribution in [0.25, 0.3) is 0 Å². The number of para-hydroxylation sites is 2. The number of rotatable bonds is 8. The number of hydrogen-bond acceptors (Lipinski definition) is 8. The molecule has 1 aromatic heterocycles. The molecule has 4 rings (SSSR count). The maximum Gasteiger partial charge on any atom is 0.355 e. The lowest BCUT2D eigenvalue weighted by Gasteiger charge is -2.26. The minimum atomic E-state index is -0.513. The number of benzene rings is 3. The van der Waals surface area contributed by atoms with Crippen LogP contribution in [0.2, 0.25) is 0 Å². The van der Waals surface area contributed by atoms with Crippen LogP contribution in [0.4, 0.5) is 34.4 Å². The van der Waals surface area contributed by atoms with Gasteiger partial charge >= 0.3 is 5.69 Å². The van der Waals surface area contributed by atoms with E-state index in [1.807, 2.05) is 79.7 Å². The molecule has 0 saturated heterocycles. The number of aryl methyl sites for hydroxylation is 1. The second-order valence-electron chi connectivity index (χ2n) is 7.12. The van der Waals surface area contributed by atoms with Crippen molar-refractivity contribution < 1.29 is 9.66 Å². The molecule has 2 N–H and O–H groups in total. The van der Waals surface area contributed by atoms with Gasteiger partial charge in [0.1, 0.15) is 12.1 Å². The first-order valence-electron chi connectivity index (χ1n) is 10.1. The average Bonchev–Trinajstić information content (AvgIpc) is 2.83. The van der Waals surface area contributed by atoms with Crippen LogP contribution in [-0.2, 0) is 0 Å². The summed E-state index contributed by atoms with van der Waals surface area (Å²) in [6.07, 6.45) is 1.27. The molecule has 0 atom stereocenters. The number of methoxy groups -OCH3 is 1. The predicted octanol–water partition coefficient (Wildman–Crippen LogP) is 5.61. The first-order valence-corrected chi connectivity index (χ1v) is 10.1. The van der Waals surface area contributed by atoms with Gasteiger partial charge in [-0.3, -0.25) is 20.5 Å². The fraction of sp³-hybridized carbons (Fsp3) is 0.0833. The Hall–Kier alpha value is -4.66. The summed E-state index contributed by atoms with van der Waals surface area (Å²) in [7, 11) is 1.54. The van der Waals surface area contributed by atoms with E-state index in [0.29, 0.717) is 11.4 Å². The smallest absolute Gasteiger partial charge is 0.355 e. The van der Waals surface area contributed by atoms with Gasteiger partial charge in [-0.15, -0.1) is 0 Å². The molecule has 0 saturated carbocycles. The van der Waals surface area contributed by atoms with Crippen molar-refractivity contribution in [3.63, 3.8) is 0 Å². The average molecular weight is 442 g/mol. The van der Waals surface area contributed by atoms with Gasteiger partial charge in [0, 0.05) is 0 Å². The van der Waals surface area contributed by atoms with Crippen molar-refractivity contribution in [3.8, 4) is 5.75 Å². The summed E-state index contributed by atoms with van der Waals surface area (Å²) in [4.78, 5) is 19.9. The fourth-order valence-electron chi connectivity index (χ4n) is 3.31. The number of nitrogens with one attached hydrogen (secondary N) is 2. The van der Waals surface area contributed by atoms with Crippen LogP contribution in [0.3, 0.4) is 0 Å². The Morgan fingerprint density at radius 1 is 0.909 bits per heavy atom. The van der Waals surface area contributed by atoms with E-state index in [4.69, 9.17) is 4.74 Å². The molecule has 166 valence electrons. The monoisotopic (exact) mass is 442 g/mol. The highest BCUT2D eigenvalue weighted by Crippen LogP contribution is 2.36. The second-order valence-corrected chi connectivity index (χ2v) is 7.12. The first kappa shape index (κ1) is 21.6. The molecule has 0 bridgehead atoms. The van der Waals surface area contributed by atoms with E-state index < -0.39 is 4.92 Å². The summed E-state index contributed by atoms with van der Waals surface area (Å²) in [5.74, 6) is 0.623. The lowest BCUT2D eigenvalue weighted by atomic mass is 10.2. The molecule has 0 radical (unpaired) electrons. The van der Waals surface area contributed by atoms with Crippen LogP contribution in [0.5, 0.6) is 5.75 Å². The van der Waals surface area contributed by atoms with Gasteiger partial charge in [-0.1, -0.05) is 42.5 Å². The van der Waals surface area contributed by atoms with Crippen molar-refractivity contribution in [3.05, 3.63) is 101 Å². The largest absolute Gasteiger partial charge is 0.495 e. The molecule has 0 aliphatic heterocycles. The van der Waals surface area contributed by atoms with Crippen LogP contribution in [0.15, 0.2) is 85.2 Å². The maximum absolute atomic E-state index is 12.1. The molecule has 3 aromatic carbocycles. The number of hydrazine groups is 1. The topological polar surface area (TPSA) is 105 Å². The predicted molar refractivity (Wildman–Crippen MR) is 128 cm³/mol. The Morgan fingerprint density at radius 3 is 2.09 bits per heavy atom. The summed E-state index contributed by atoms with van der Waals surface area (Å²) < 4.78 is 5.38. The van der Waals surface area contributed by atoms with Crippen molar-refractivity contribution in [2.45, 2.75) is 6.92 Å². The summed E-state index contributed by atoms with van der Waals surface area (Å²) in [6, 6.07) is 24.4. The van der Waals surface area contributed by atoms with Gasteiger partial charge < -0.3 is 10.1 Å². The minimum Gasteiger partial charge on any atom is -0.495 e. The second kappa shape index (κ2) is 9.65. The van der Waals surface area contributed by atoms with Crippen LogP contribution in [-0.4, -0.2) is 22.0 Å². The van der Waals surface area contributed by atoms with E-state index in [0.717, 1.165) is 16.9 Å². The van der Waals surface area contributed by atoms with E-state index in [9.17, 15) is 10.1 Å². The zero-order chi connectivity index (χ0) is 23.2. The third kappa shape index (κ3) is 4.82. The van der Waals surface area contributed by atoms with Crippen LogP contribution in [0.1, 0.15) is 5.56 Å². The molecule has 0 spiro atoms. The third-order valence-electron chi connectivity index (χ3n) is 4.86. The van der Waals surface area contributed by atoms with E-state index in [1.54, 1.807) is 11.1 Å². The number of aromatic nitrogens is 2. The standard InChI is InChI=1S/C24H22N6O3/c1-17-13-14-21(33-2)20(15-17)27-23-22(30(31)32)24(26-16-25-23)28-29(18-9-5-3-6-10-18)19-11-7-4-8-12-19/h3-16H,1-2H3,(H2,25,26,27,28). The minimum absolute atomic E-state index is 0.0387. The van der Waals surface area contributed by atoms with Crippen LogP contribution < -0.4 is 20.5 Å². The summed E-state index contributed by atoms with van der Waals surface area (Å²) in [5, 5.41) is 16.9. The maximum atomic E-state index is 12.1. The molecule has 1 heterocycles. The normalized spacial score (nSPS) is 10.4. The van der Waals surface area contributed by atoms with Crippen molar-refractivity contribution in [2.75, 3.05) is 22.9 Å². The van der Waals surface area contributed by atoms with Gasteiger partial charge in [0.15, 0.2) is 0 Å². The molecular formula is C24H22N6O3. The zero-order valence-electron chi connectivity index (χ0n) is 18.1. The Balaban J connectivity index is 1.76. The Bertz CT molecular complexity index is 1210. The van der Waals surface area contributed by atoms with Crippen molar-refractivity contribution in [1.29, 1.82) is 0 Å². The zero-order valence-corrected chi connectivity index (χ0v) is 18.1. The fourth-order valence-corrected chi connectivity index (χ4v) is 3.31. The van der Waals surface area contributed by atoms with Gasteiger partial charge in [-0.25, -0.2) is 9.97 Å². The lowest BCUT2D eigenvalue weighted by Crippen LogP contribution is -2.26. The van der Waals surface area contributed by atoms with E-state index in [-0.39, 0.29) is 17.3 Å². The Morgan fingerprint density at radius 2 is 1.52 bits per heavy atom. The van der Waals surface area contributed by atoms with Gasteiger partial charge in [-0.2, -0.15) is 0 Å². The number of ether oxygens (including phenoxy) is 1. The van der Waals surface area contributed by atoms with E-state index in [1.165, 1.54) is 13.4 Å². The molecule has 9 nitrogen and oxygen atoms in total. The van der Waals surface area contributed by atoms with E-state index in [2.05, 4.69) is 20.7 Å². The number of hydrogen-bond donors (Lipinski definition) is 2. The van der Waals surface area contributed by atoms with Gasteiger partial charge in [-0.05, 0) is 48.9 Å². The lowest BCUT2D eigenvalue weighted by molar-refractivity contribution is -0.383.